The van der Waals surface area contributed by atoms with Gasteiger partial charge < -0.3 is 10.1 Å². The van der Waals surface area contributed by atoms with E-state index in [4.69, 9.17) is 4.74 Å². The van der Waals surface area contributed by atoms with Gasteiger partial charge >= 0.3 is 0 Å². The van der Waals surface area contributed by atoms with Crippen molar-refractivity contribution in [2.75, 3.05) is 39.4 Å². The quantitative estimate of drug-likeness (QED) is 0.686. The molecule has 1 aliphatic rings. The Kier molecular flexibility index (Phi) is 7.87. The van der Waals surface area contributed by atoms with E-state index in [0.717, 1.165) is 39.4 Å². The third-order valence-electron chi connectivity index (χ3n) is 3.97. The van der Waals surface area contributed by atoms with E-state index in [0.29, 0.717) is 5.54 Å². The molecular formula is C15H32N2O. The van der Waals surface area contributed by atoms with Crippen LogP contribution >= 0.6 is 0 Å². The number of nitrogens with one attached hydrogen (secondary N) is 1. The van der Waals surface area contributed by atoms with Crippen LogP contribution in [-0.4, -0.2) is 49.8 Å². The molecular weight excluding hydrogens is 224 g/mol. The smallest absolute Gasteiger partial charge is 0.0594 e. The second kappa shape index (κ2) is 8.89. The van der Waals surface area contributed by atoms with Crippen LogP contribution in [0.25, 0.3) is 0 Å². The van der Waals surface area contributed by atoms with Crippen molar-refractivity contribution >= 4 is 0 Å². The minimum absolute atomic E-state index is 0.344. The highest BCUT2D eigenvalue weighted by atomic mass is 16.5. The molecule has 0 amide bonds. The van der Waals surface area contributed by atoms with Crippen LogP contribution in [0.1, 0.15) is 52.9 Å². The summed E-state index contributed by atoms with van der Waals surface area (Å²) >= 11 is 0. The maximum Gasteiger partial charge on any atom is 0.0594 e. The van der Waals surface area contributed by atoms with Gasteiger partial charge in [0.05, 0.1) is 13.2 Å². The van der Waals surface area contributed by atoms with Gasteiger partial charge in [0.15, 0.2) is 0 Å². The van der Waals surface area contributed by atoms with E-state index in [2.05, 4.69) is 31.0 Å². The molecule has 0 spiro atoms. The van der Waals surface area contributed by atoms with Crippen LogP contribution in [-0.2, 0) is 4.74 Å². The summed E-state index contributed by atoms with van der Waals surface area (Å²) in [6.45, 7) is 13.2. The topological polar surface area (TPSA) is 24.5 Å². The van der Waals surface area contributed by atoms with Crippen LogP contribution in [0.4, 0.5) is 0 Å². The number of morpholine rings is 1. The highest BCUT2D eigenvalue weighted by Crippen LogP contribution is 2.19. The van der Waals surface area contributed by atoms with Gasteiger partial charge in [-0.05, 0) is 19.8 Å². The molecule has 0 aromatic rings. The van der Waals surface area contributed by atoms with E-state index in [-0.39, 0.29) is 0 Å². The van der Waals surface area contributed by atoms with Crippen LogP contribution < -0.4 is 5.32 Å². The van der Waals surface area contributed by atoms with Crippen LogP contribution in [0.2, 0.25) is 0 Å². The molecule has 18 heavy (non-hydrogen) atoms. The lowest BCUT2D eigenvalue weighted by molar-refractivity contribution is 0.0373. The summed E-state index contributed by atoms with van der Waals surface area (Å²) in [4.78, 5) is 2.50. The van der Waals surface area contributed by atoms with Gasteiger partial charge in [0.2, 0.25) is 0 Å². The average Bonchev–Trinajstić information content (AvgIpc) is 2.38. The standard InChI is InChI=1S/C15H32N2O/c1-4-6-8-15(3,7-5-2)16-9-10-17-11-13-18-14-12-17/h16H,4-14H2,1-3H3. The molecule has 108 valence electrons. The third-order valence-corrected chi connectivity index (χ3v) is 3.97. The van der Waals surface area contributed by atoms with Crippen molar-refractivity contribution in [3.63, 3.8) is 0 Å². The van der Waals surface area contributed by atoms with Gasteiger partial charge in [0.1, 0.15) is 0 Å². The molecule has 0 aliphatic carbocycles. The molecule has 1 saturated heterocycles. The van der Waals surface area contributed by atoms with Crippen molar-refractivity contribution in [2.24, 2.45) is 0 Å². The number of hydrogen-bond donors (Lipinski definition) is 1. The van der Waals surface area contributed by atoms with Crippen molar-refractivity contribution in [2.45, 2.75) is 58.4 Å². The fraction of sp³-hybridized carbons (Fsp3) is 1.00. The lowest BCUT2D eigenvalue weighted by Gasteiger charge is -2.33. The molecule has 1 N–H and O–H groups in total. The molecule has 0 aromatic carbocycles. The summed E-state index contributed by atoms with van der Waals surface area (Å²) in [6.07, 6.45) is 6.49. The largest absolute Gasteiger partial charge is 0.379 e. The minimum atomic E-state index is 0.344. The fourth-order valence-electron chi connectivity index (χ4n) is 2.76. The zero-order chi connectivity index (χ0) is 13.3. The van der Waals surface area contributed by atoms with Crippen LogP contribution in [0.5, 0.6) is 0 Å². The molecule has 0 bridgehead atoms. The second-order valence-electron chi connectivity index (χ2n) is 5.80. The molecule has 0 aromatic heterocycles. The van der Waals surface area contributed by atoms with E-state index in [1.807, 2.05) is 0 Å². The number of rotatable bonds is 9. The summed E-state index contributed by atoms with van der Waals surface area (Å²) in [5, 5.41) is 3.80. The van der Waals surface area contributed by atoms with Gasteiger partial charge in [-0.1, -0.05) is 33.1 Å². The van der Waals surface area contributed by atoms with Crippen molar-refractivity contribution in [1.29, 1.82) is 0 Å². The number of unbranched alkanes of at least 4 members (excludes halogenated alkanes) is 1. The predicted octanol–water partition coefficient (Wildman–Crippen LogP) is 2.66. The van der Waals surface area contributed by atoms with E-state index in [9.17, 15) is 0 Å². The SMILES string of the molecule is CCCCC(C)(CCC)NCCN1CCOCC1. The Morgan fingerprint density at radius 3 is 2.44 bits per heavy atom. The van der Waals surface area contributed by atoms with Crippen LogP contribution in [0.15, 0.2) is 0 Å². The Bertz CT molecular complexity index is 205. The van der Waals surface area contributed by atoms with Gasteiger partial charge in [-0.2, -0.15) is 0 Å². The van der Waals surface area contributed by atoms with Gasteiger partial charge in [0, 0.05) is 31.7 Å². The summed E-state index contributed by atoms with van der Waals surface area (Å²) < 4.78 is 5.38. The maximum absolute atomic E-state index is 5.38. The molecule has 1 fully saturated rings. The summed E-state index contributed by atoms with van der Waals surface area (Å²) in [5.74, 6) is 0. The Balaban J connectivity index is 2.22. The van der Waals surface area contributed by atoms with E-state index in [1.54, 1.807) is 0 Å². The fourth-order valence-corrected chi connectivity index (χ4v) is 2.76. The molecule has 1 aliphatic heterocycles. The summed E-state index contributed by atoms with van der Waals surface area (Å²) in [6, 6.07) is 0. The van der Waals surface area contributed by atoms with Crippen molar-refractivity contribution in [1.82, 2.24) is 10.2 Å². The van der Waals surface area contributed by atoms with Crippen molar-refractivity contribution in [3.8, 4) is 0 Å². The molecule has 0 radical (unpaired) electrons. The molecule has 1 unspecified atom stereocenters. The zero-order valence-corrected chi connectivity index (χ0v) is 12.6. The van der Waals surface area contributed by atoms with E-state index in [1.165, 1.54) is 32.1 Å². The zero-order valence-electron chi connectivity index (χ0n) is 12.6. The first-order valence-electron chi connectivity index (χ1n) is 7.75. The Labute approximate surface area is 113 Å². The van der Waals surface area contributed by atoms with Crippen molar-refractivity contribution < 1.29 is 4.74 Å². The van der Waals surface area contributed by atoms with Crippen LogP contribution in [0, 0.1) is 0 Å². The minimum Gasteiger partial charge on any atom is -0.379 e. The maximum atomic E-state index is 5.38. The first kappa shape index (κ1) is 15.9. The van der Waals surface area contributed by atoms with Gasteiger partial charge in [-0.25, -0.2) is 0 Å². The Hall–Kier alpha value is -0.120. The number of ether oxygens (including phenoxy) is 1. The summed E-state index contributed by atoms with van der Waals surface area (Å²) in [5.41, 5.74) is 0.344. The highest BCUT2D eigenvalue weighted by molar-refractivity contribution is 4.83. The van der Waals surface area contributed by atoms with Crippen molar-refractivity contribution in [3.05, 3.63) is 0 Å². The molecule has 1 rings (SSSR count). The lowest BCUT2D eigenvalue weighted by Crippen LogP contribution is -2.47. The molecule has 1 atom stereocenters. The Morgan fingerprint density at radius 1 is 1.11 bits per heavy atom. The normalized spacial score (nSPS) is 20.8. The molecule has 1 heterocycles. The molecule has 3 nitrogen and oxygen atoms in total. The van der Waals surface area contributed by atoms with Crippen LogP contribution in [0.3, 0.4) is 0 Å². The second-order valence-corrected chi connectivity index (χ2v) is 5.80. The van der Waals surface area contributed by atoms with Gasteiger partial charge in [-0.3, -0.25) is 4.90 Å². The van der Waals surface area contributed by atoms with E-state index < -0.39 is 0 Å². The van der Waals surface area contributed by atoms with E-state index >= 15 is 0 Å². The lowest BCUT2D eigenvalue weighted by atomic mass is 9.90. The molecule has 3 heteroatoms. The first-order valence-corrected chi connectivity index (χ1v) is 7.75. The van der Waals surface area contributed by atoms with Gasteiger partial charge in [0.25, 0.3) is 0 Å². The number of nitrogens with zero attached hydrogens (tertiary/aromatic N) is 1. The van der Waals surface area contributed by atoms with Gasteiger partial charge in [-0.15, -0.1) is 0 Å². The molecule has 0 saturated carbocycles. The first-order chi connectivity index (χ1) is 8.70. The summed E-state index contributed by atoms with van der Waals surface area (Å²) in [7, 11) is 0. The average molecular weight is 256 g/mol. The number of hydrogen-bond acceptors (Lipinski definition) is 3. The Morgan fingerprint density at radius 2 is 1.83 bits per heavy atom. The third kappa shape index (κ3) is 6.17. The predicted molar refractivity (Wildman–Crippen MR) is 78.1 cm³/mol. The monoisotopic (exact) mass is 256 g/mol. The highest BCUT2D eigenvalue weighted by Gasteiger charge is 2.21.